The molecule has 3 fully saturated rings. The Morgan fingerprint density at radius 3 is 1.88 bits per heavy atom. The van der Waals surface area contributed by atoms with Gasteiger partial charge in [-0.15, -0.1) is 0 Å². The fourth-order valence-corrected chi connectivity index (χ4v) is 6.82. The first-order chi connectivity index (χ1) is 21.0. The number of fused-ring (bicyclic) bond motifs is 3. The van der Waals surface area contributed by atoms with Crippen molar-refractivity contribution in [2.45, 2.75) is 31.0 Å². The molecule has 6 heteroatoms. The topological polar surface area (TPSA) is 75.6 Å². The highest BCUT2D eigenvalue weighted by Gasteiger charge is 2.50. The second kappa shape index (κ2) is 12.5. The normalized spacial score (nSPS) is 21.2. The van der Waals surface area contributed by atoms with Crippen molar-refractivity contribution in [3.8, 4) is 11.1 Å². The lowest BCUT2D eigenvalue weighted by molar-refractivity contribution is -0.946. The summed E-state index contributed by atoms with van der Waals surface area (Å²) in [4.78, 5) is 26.6. The van der Waals surface area contributed by atoms with Crippen LogP contribution in [0.15, 0.2) is 115 Å². The first kappa shape index (κ1) is 28.8. The summed E-state index contributed by atoms with van der Waals surface area (Å²) in [5.74, 6) is -0.379. The van der Waals surface area contributed by atoms with Crippen molar-refractivity contribution >= 4 is 11.9 Å². The van der Waals surface area contributed by atoms with Gasteiger partial charge in [-0.05, 0) is 34.4 Å². The van der Waals surface area contributed by atoms with Crippen LogP contribution in [0.25, 0.3) is 11.1 Å². The van der Waals surface area contributed by atoms with Gasteiger partial charge in [0.1, 0.15) is 6.54 Å². The van der Waals surface area contributed by atoms with Crippen molar-refractivity contribution in [3.63, 3.8) is 0 Å². The molecule has 3 heterocycles. The molecule has 6 nitrogen and oxygen atoms in total. The highest BCUT2D eigenvalue weighted by atomic mass is 16.6. The third kappa shape index (κ3) is 6.12. The van der Waals surface area contributed by atoms with Crippen LogP contribution < -0.4 is 5.32 Å². The standard InChI is InChI=1S/C37H38N2O4/c40-35(31-19-17-29(18-20-31)28-11-4-1-5-12-28)38-23-10-24-39-25-21-30(22-26-39)34(27-39)43-36(41)37(42,32-13-6-2-7-14-32)33-15-8-3-9-16-33/h1-9,11-20,30,34,42H,10,21-27H2/p+1/t30?,34-,39?/m0/s1. The third-order valence-corrected chi connectivity index (χ3v) is 9.33. The van der Waals surface area contributed by atoms with Gasteiger partial charge in [-0.2, -0.15) is 0 Å². The fourth-order valence-electron chi connectivity index (χ4n) is 6.82. The highest BCUT2D eigenvalue weighted by Crippen LogP contribution is 2.38. The summed E-state index contributed by atoms with van der Waals surface area (Å²) in [6.45, 7) is 4.35. The lowest BCUT2D eigenvalue weighted by Crippen LogP contribution is -2.65. The monoisotopic (exact) mass is 575 g/mol. The number of carbonyl (C=O) groups excluding carboxylic acids is 2. The summed E-state index contributed by atoms with van der Waals surface area (Å²) in [6.07, 6.45) is 2.59. The molecule has 0 aromatic heterocycles. The lowest BCUT2D eigenvalue weighted by Gasteiger charge is -2.52. The van der Waals surface area contributed by atoms with Gasteiger partial charge in [-0.1, -0.05) is 103 Å². The van der Waals surface area contributed by atoms with E-state index in [4.69, 9.17) is 4.74 Å². The second-order valence-electron chi connectivity index (χ2n) is 12.0. The Morgan fingerprint density at radius 2 is 1.30 bits per heavy atom. The van der Waals surface area contributed by atoms with E-state index in [2.05, 4.69) is 17.4 Å². The molecule has 0 radical (unpaired) electrons. The number of benzene rings is 4. The van der Waals surface area contributed by atoms with Crippen LogP contribution in [0.5, 0.6) is 0 Å². The molecule has 0 unspecified atom stereocenters. The van der Waals surface area contributed by atoms with Gasteiger partial charge in [0.2, 0.25) is 5.60 Å². The van der Waals surface area contributed by atoms with E-state index in [9.17, 15) is 14.7 Å². The Morgan fingerprint density at radius 1 is 0.767 bits per heavy atom. The number of quaternary nitrogens is 1. The largest absolute Gasteiger partial charge is 0.453 e. The molecular weight excluding hydrogens is 536 g/mol. The van der Waals surface area contributed by atoms with Crippen molar-refractivity contribution in [2.24, 2.45) is 5.92 Å². The first-order valence-electron chi connectivity index (χ1n) is 15.3. The van der Waals surface area contributed by atoms with Gasteiger partial charge < -0.3 is 19.6 Å². The van der Waals surface area contributed by atoms with E-state index >= 15 is 0 Å². The smallest absolute Gasteiger partial charge is 0.348 e. The number of aliphatic hydroxyl groups is 1. The van der Waals surface area contributed by atoms with Crippen molar-refractivity contribution < 1.29 is 23.9 Å². The number of esters is 1. The van der Waals surface area contributed by atoms with Crippen LogP contribution in [0.3, 0.4) is 0 Å². The number of amides is 1. The molecular formula is C37H39N2O4+. The Balaban J connectivity index is 1.05. The quantitative estimate of drug-likeness (QED) is 0.148. The zero-order valence-corrected chi connectivity index (χ0v) is 24.4. The molecule has 1 amide bonds. The van der Waals surface area contributed by atoms with E-state index in [0.717, 1.165) is 61.1 Å². The van der Waals surface area contributed by atoms with Gasteiger partial charge in [0.15, 0.2) is 6.10 Å². The van der Waals surface area contributed by atoms with Crippen LogP contribution in [0.4, 0.5) is 0 Å². The minimum Gasteiger partial charge on any atom is -0.453 e. The molecule has 0 spiro atoms. The molecule has 4 aromatic carbocycles. The molecule has 43 heavy (non-hydrogen) atoms. The first-order valence-corrected chi connectivity index (χ1v) is 15.3. The molecule has 7 rings (SSSR count). The fraction of sp³-hybridized carbons (Fsp3) is 0.297. The van der Waals surface area contributed by atoms with E-state index < -0.39 is 11.6 Å². The highest BCUT2D eigenvalue weighted by molar-refractivity contribution is 5.94. The minimum absolute atomic E-state index is 0.0649. The number of rotatable bonds is 10. The number of carbonyl (C=O) groups is 2. The van der Waals surface area contributed by atoms with E-state index in [1.54, 1.807) is 24.3 Å². The summed E-state index contributed by atoms with van der Waals surface area (Å²) in [5.41, 5.74) is 2.00. The van der Waals surface area contributed by atoms with Crippen LogP contribution in [0.1, 0.15) is 40.7 Å². The van der Waals surface area contributed by atoms with Gasteiger partial charge in [-0.25, -0.2) is 4.79 Å². The van der Waals surface area contributed by atoms with Crippen LogP contribution in [0.2, 0.25) is 0 Å². The zero-order chi connectivity index (χ0) is 29.7. The van der Waals surface area contributed by atoms with Gasteiger partial charge in [-0.3, -0.25) is 4.79 Å². The summed E-state index contributed by atoms with van der Waals surface area (Å²) in [5, 5.41) is 14.9. The maximum atomic E-state index is 13.8. The van der Waals surface area contributed by atoms with Crippen molar-refractivity contribution in [1.29, 1.82) is 0 Å². The molecule has 4 aromatic rings. The number of ether oxygens (including phenoxy) is 1. The Kier molecular flexibility index (Phi) is 8.41. The summed E-state index contributed by atoms with van der Waals surface area (Å²) < 4.78 is 7.07. The molecule has 0 saturated carbocycles. The summed E-state index contributed by atoms with van der Waals surface area (Å²) in [7, 11) is 0. The van der Waals surface area contributed by atoms with Gasteiger partial charge in [0, 0.05) is 37.3 Å². The number of hydrogen-bond donors (Lipinski definition) is 2. The maximum Gasteiger partial charge on any atom is 0.348 e. The van der Waals surface area contributed by atoms with Crippen LogP contribution in [0, 0.1) is 5.92 Å². The third-order valence-electron chi connectivity index (χ3n) is 9.33. The molecule has 3 saturated heterocycles. The molecule has 2 bridgehead atoms. The van der Waals surface area contributed by atoms with E-state index in [1.165, 1.54) is 0 Å². The van der Waals surface area contributed by atoms with Crippen molar-refractivity contribution in [1.82, 2.24) is 5.32 Å². The second-order valence-corrected chi connectivity index (χ2v) is 12.0. The van der Waals surface area contributed by atoms with E-state index in [0.29, 0.717) is 29.2 Å². The molecule has 0 aliphatic carbocycles. The van der Waals surface area contributed by atoms with Gasteiger partial charge in [0.05, 0.1) is 19.6 Å². The summed E-state index contributed by atoms with van der Waals surface area (Å²) in [6, 6.07) is 35.9. The minimum atomic E-state index is -1.87. The maximum absolute atomic E-state index is 13.8. The van der Waals surface area contributed by atoms with E-state index in [1.807, 2.05) is 78.9 Å². The summed E-state index contributed by atoms with van der Waals surface area (Å²) >= 11 is 0. The predicted octanol–water partition coefficient (Wildman–Crippen LogP) is 5.56. The lowest BCUT2D eigenvalue weighted by atomic mass is 9.82. The molecule has 1 atom stereocenters. The van der Waals surface area contributed by atoms with Gasteiger partial charge in [0.25, 0.3) is 5.91 Å². The molecule has 3 aliphatic rings. The SMILES string of the molecule is O=C(NCCC[N+]12CCC(CC1)[C@@H](OC(=O)C(O)(c1ccccc1)c1ccccc1)C2)c1ccc(-c2ccccc2)cc1. The number of nitrogens with one attached hydrogen (secondary N) is 1. The Bertz CT molecular complexity index is 1480. The van der Waals surface area contributed by atoms with Crippen molar-refractivity contribution in [3.05, 3.63) is 132 Å². The molecule has 3 aliphatic heterocycles. The van der Waals surface area contributed by atoms with Crippen LogP contribution >= 0.6 is 0 Å². The Labute approximate surface area is 253 Å². The molecule has 220 valence electrons. The zero-order valence-electron chi connectivity index (χ0n) is 24.4. The number of piperidine rings is 3. The van der Waals surface area contributed by atoms with Crippen molar-refractivity contribution in [2.75, 3.05) is 32.7 Å². The van der Waals surface area contributed by atoms with Crippen LogP contribution in [-0.2, 0) is 15.1 Å². The Hall–Kier alpha value is -4.26. The molecule has 2 N–H and O–H groups in total. The number of nitrogens with zero attached hydrogens (tertiary/aromatic N) is 1. The average Bonchev–Trinajstić information content (AvgIpc) is 3.08. The van der Waals surface area contributed by atoms with E-state index in [-0.39, 0.29) is 12.0 Å². The number of hydrogen-bond acceptors (Lipinski definition) is 4. The average molecular weight is 576 g/mol. The van der Waals surface area contributed by atoms with Gasteiger partial charge >= 0.3 is 5.97 Å². The van der Waals surface area contributed by atoms with Crippen LogP contribution in [-0.4, -0.2) is 60.3 Å². The predicted molar refractivity (Wildman–Crippen MR) is 167 cm³/mol.